The largest absolute Gasteiger partial charge is 0.349 e. The summed E-state index contributed by atoms with van der Waals surface area (Å²) in [5.41, 5.74) is 0.615. The van der Waals surface area contributed by atoms with E-state index in [9.17, 15) is 4.79 Å². The highest BCUT2D eigenvalue weighted by Crippen LogP contribution is 2.19. The van der Waals surface area contributed by atoms with Gasteiger partial charge in [0.15, 0.2) is 0 Å². The average molecular weight is 250 g/mol. The number of carbonyl (C=O) groups excluding carboxylic acids is 1. The Morgan fingerprint density at radius 2 is 2.39 bits per heavy atom. The molecule has 5 heteroatoms. The van der Waals surface area contributed by atoms with Gasteiger partial charge >= 0.3 is 0 Å². The predicted octanol–water partition coefficient (Wildman–Crippen LogP) is 1.02. The SMILES string of the molecule is CC(C)N1CCC[C@@H]1CNC(=O)c1cncn1C. The van der Waals surface area contributed by atoms with Crippen LogP contribution in [0.3, 0.4) is 0 Å². The Kier molecular flexibility index (Phi) is 4.01. The third kappa shape index (κ3) is 2.72. The van der Waals surface area contributed by atoms with Crippen molar-refractivity contribution in [3.8, 4) is 0 Å². The third-order valence-corrected chi connectivity index (χ3v) is 3.63. The van der Waals surface area contributed by atoms with E-state index < -0.39 is 0 Å². The summed E-state index contributed by atoms with van der Waals surface area (Å²) in [4.78, 5) is 18.4. The number of carbonyl (C=O) groups is 1. The molecule has 0 aliphatic carbocycles. The lowest BCUT2D eigenvalue weighted by Gasteiger charge is -2.28. The van der Waals surface area contributed by atoms with Crippen LogP contribution in [0.2, 0.25) is 0 Å². The zero-order valence-electron chi connectivity index (χ0n) is 11.4. The number of hydrogen-bond acceptors (Lipinski definition) is 3. The van der Waals surface area contributed by atoms with Crippen molar-refractivity contribution in [3.05, 3.63) is 18.2 Å². The molecule has 0 spiro atoms. The van der Waals surface area contributed by atoms with Gasteiger partial charge in [0.05, 0.1) is 12.5 Å². The van der Waals surface area contributed by atoms with Gasteiger partial charge in [-0.2, -0.15) is 0 Å². The van der Waals surface area contributed by atoms with Crippen molar-refractivity contribution < 1.29 is 4.79 Å². The van der Waals surface area contributed by atoms with Crippen LogP contribution in [0, 0.1) is 0 Å². The van der Waals surface area contributed by atoms with Gasteiger partial charge in [-0.1, -0.05) is 0 Å². The molecule has 1 aromatic heterocycles. The van der Waals surface area contributed by atoms with Crippen molar-refractivity contribution in [2.45, 2.75) is 38.8 Å². The Hall–Kier alpha value is -1.36. The average Bonchev–Trinajstić information content (AvgIpc) is 2.94. The first-order valence-electron chi connectivity index (χ1n) is 6.60. The maximum absolute atomic E-state index is 12.0. The van der Waals surface area contributed by atoms with Crippen LogP contribution < -0.4 is 5.32 Å². The smallest absolute Gasteiger partial charge is 0.269 e. The van der Waals surface area contributed by atoms with E-state index in [-0.39, 0.29) is 5.91 Å². The van der Waals surface area contributed by atoms with Crippen LogP contribution in [0.1, 0.15) is 37.2 Å². The van der Waals surface area contributed by atoms with Gasteiger partial charge < -0.3 is 9.88 Å². The second kappa shape index (κ2) is 5.52. The summed E-state index contributed by atoms with van der Waals surface area (Å²) in [5, 5.41) is 3.01. The molecule has 1 aromatic rings. The fourth-order valence-electron chi connectivity index (χ4n) is 2.63. The summed E-state index contributed by atoms with van der Waals surface area (Å²) in [7, 11) is 1.83. The first-order valence-corrected chi connectivity index (χ1v) is 6.60. The van der Waals surface area contributed by atoms with Gasteiger partial charge in [0.2, 0.25) is 0 Å². The number of rotatable bonds is 4. The number of nitrogens with zero attached hydrogens (tertiary/aromatic N) is 3. The van der Waals surface area contributed by atoms with Gasteiger partial charge in [-0.15, -0.1) is 0 Å². The molecule has 0 aromatic carbocycles. The maximum atomic E-state index is 12.0. The van der Waals surface area contributed by atoms with Gasteiger partial charge in [-0.05, 0) is 33.2 Å². The zero-order chi connectivity index (χ0) is 13.1. The molecule has 5 nitrogen and oxygen atoms in total. The minimum atomic E-state index is -0.0365. The molecule has 1 saturated heterocycles. The van der Waals surface area contributed by atoms with E-state index >= 15 is 0 Å². The minimum absolute atomic E-state index is 0.0365. The fourth-order valence-corrected chi connectivity index (χ4v) is 2.63. The quantitative estimate of drug-likeness (QED) is 0.868. The van der Waals surface area contributed by atoms with Crippen molar-refractivity contribution in [2.24, 2.45) is 7.05 Å². The molecule has 0 saturated carbocycles. The van der Waals surface area contributed by atoms with Crippen LogP contribution >= 0.6 is 0 Å². The Bertz CT molecular complexity index is 413. The standard InChI is InChI=1S/C13H22N4O/c1-10(2)17-6-4-5-11(17)7-15-13(18)12-8-14-9-16(12)3/h8-11H,4-7H2,1-3H3,(H,15,18)/t11-/m1/s1. The van der Waals surface area contributed by atoms with Crippen molar-refractivity contribution in [2.75, 3.05) is 13.1 Å². The van der Waals surface area contributed by atoms with E-state index in [2.05, 4.69) is 29.0 Å². The molecule has 2 rings (SSSR count). The summed E-state index contributed by atoms with van der Waals surface area (Å²) >= 11 is 0. The van der Waals surface area contributed by atoms with E-state index in [1.54, 1.807) is 17.1 Å². The lowest BCUT2D eigenvalue weighted by Crippen LogP contribution is -2.43. The van der Waals surface area contributed by atoms with Crippen molar-refractivity contribution in [3.63, 3.8) is 0 Å². The van der Waals surface area contributed by atoms with Gasteiger partial charge in [-0.3, -0.25) is 9.69 Å². The molecule has 1 N–H and O–H groups in total. The number of likely N-dealkylation sites (tertiary alicyclic amines) is 1. The van der Waals surface area contributed by atoms with Crippen molar-refractivity contribution in [1.29, 1.82) is 0 Å². The number of aryl methyl sites for hydroxylation is 1. The van der Waals surface area contributed by atoms with Crippen molar-refractivity contribution >= 4 is 5.91 Å². The molecule has 1 aliphatic heterocycles. The molecular weight excluding hydrogens is 228 g/mol. The first-order chi connectivity index (χ1) is 8.59. The monoisotopic (exact) mass is 250 g/mol. The Balaban J connectivity index is 1.88. The molecule has 1 aliphatic rings. The Morgan fingerprint density at radius 3 is 3.00 bits per heavy atom. The van der Waals surface area contributed by atoms with E-state index in [4.69, 9.17) is 0 Å². The summed E-state index contributed by atoms with van der Waals surface area (Å²) in [5.74, 6) is -0.0365. The normalized spacial score (nSPS) is 20.6. The molecule has 100 valence electrons. The Morgan fingerprint density at radius 1 is 1.61 bits per heavy atom. The topological polar surface area (TPSA) is 50.2 Å². The number of aromatic nitrogens is 2. The molecule has 18 heavy (non-hydrogen) atoms. The fraction of sp³-hybridized carbons (Fsp3) is 0.692. The zero-order valence-corrected chi connectivity index (χ0v) is 11.4. The van der Waals surface area contributed by atoms with E-state index in [1.165, 1.54) is 12.8 Å². The first kappa shape index (κ1) is 13.1. The highest BCUT2D eigenvalue weighted by molar-refractivity contribution is 5.92. The predicted molar refractivity (Wildman–Crippen MR) is 70.4 cm³/mol. The van der Waals surface area contributed by atoms with E-state index in [0.29, 0.717) is 17.8 Å². The van der Waals surface area contributed by atoms with Crippen LogP contribution in [-0.4, -0.2) is 45.5 Å². The lowest BCUT2D eigenvalue weighted by molar-refractivity contribution is 0.0927. The minimum Gasteiger partial charge on any atom is -0.349 e. The second-order valence-corrected chi connectivity index (χ2v) is 5.23. The summed E-state index contributed by atoms with van der Waals surface area (Å²) < 4.78 is 1.74. The number of amides is 1. The molecular formula is C13H22N4O. The molecule has 0 unspecified atom stereocenters. The molecule has 1 fully saturated rings. The van der Waals surface area contributed by atoms with Crippen LogP contribution in [-0.2, 0) is 7.05 Å². The highest BCUT2D eigenvalue weighted by atomic mass is 16.1. The summed E-state index contributed by atoms with van der Waals surface area (Å²) in [6.07, 6.45) is 5.64. The van der Waals surface area contributed by atoms with Gasteiger partial charge in [0.25, 0.3) is 5.91 Å². The number of hydrogen-bond donors (Lipinski definition) is 1. The Labute approximate surface area is 108 Å². The number of nitrogens with one attached hydrogen (secondary N) is 1. The molecule has 0 radical (unpaired) electrons. The van der Waals surface area contributed by atoms with Gasteiger partial charge in [-0.25, -0.2) is 4.98 Å². The van der Waals surface area contributed by atoms with Crippen LogP contribution in [0.4, 0.5) is 0 Å². The number of imidazole rings is 1. The van der Waals surface area contributed by atoms with E-state index in [1.807, 2.05) is 7.05 Å². The van der Waals surface area contributed by atoms with Gasteiger partial charge in [0, 0.05) is 25.7 Å². The van der Waals surface area contributed by atoms with Crippen LogP contribution in [0.15, 0.2) is 12.5 Å². The summed E-state index contributed by atoms with van der Waals surface area (Å²) in [6.45, 7) is 6.29. The highest BCUT2D eigenvalue weighted by Gasteiger charge is 2.26. The maximum Gasteiger partial charge on any atom is 0.269 e. The molecule has 1 amide bonds. The van der Waals surface area contributed by atoms with E-state index in [0.717, 1.165) is 13.1 Å². The summed E-state index contributed by atoms with van der Waals surface area (Å²) in [6, 6.07) is 1.02. The third-order valence-electron chi connectivity index (χ3n) is 3.63. The lowest BCUT2D eigenvalue weighted by atomic mass is 10.2. The molecule has 0 bridgehead atoms. The molecule has 2 heterocycles. The molecule has 1 atom stereocenters. The van der Waals surface area contributed by atoms with Crippen molar-refractivity contribution in [1.82, 2.24) is 19.8 Å². The van der Waals surface area contributed by atoms with Crippen LogP contribution in [0.5, 0.6) is 0 Å². The van der Waals surface area contributed by atoms with Gasteiger partial charge in [0.1, 0.15) is 5.69 Å². The van der Waals surface area contributed by atoms with Crippen LogP contribution in [0.25, 0.3) is 0 Å². The second-order valence-electron chi connectivity index (χ2n) is 5.23.